The molecular formula is C26H19F8N7O5S. The Morgan fingerprint density at radius 2 is 1.66 bits per heavy atom. The summed E-state index contributed by atoms with van der Waals surface area (Å²) in [6.07, 6.45) is -9.48. The van der Waals surface area contributed by atoms with Crippen molar-refractivity contribution >= 4 is 55.3 Å². The molecule has 6 rings (SSSR count). The maximum absolute atomic E-state index is 15.7. The lowest BCUT2D eigenvalue weighted by atomic mass is 9.94. The molecule has 1 fully saturated rings. The van der Waals surface area contributed by atoms with E-state index in [-0.39, 0.29) is 49.2 Å². The number of carboxylic acid groups (broad SMARTS) is 2. The number of nitrogens with two attached hydrogens (primary N) is 1. The number of rotatable bonds is 1. The van der Waals surface area contributed by atoms with E-state index in [1.807, 2.05) is 6.07 Å². The number of aryl methyl sites for hydroxylation is 1. The van der Waals surface area contributed by atoms with Crippen LogP contribution in [0.4, 0.5) is 40.1 Å². The first-order valence-electron chi connectivity index (χ1n) is 13.0. The summed E-state index contributed by atoms with van der Waals surface area (Å²) in [5.41, 5.74) is 7.26. The van der Waals surface area contributed by atoms with E-state index in [4.69, 9.17) is 25.5 Å². The van der Waals surface area contributed by atoms with Gasteiger partial charge >= 0.3 is 24.3 Å². The fraction of sp³-hybridized carbons (Fsp3) is 0.308. The van der Waals surface area contributed by atoms with Crippen molar-refractivity contribution in [3.05, 3.63) is 41.0 Å². The minimum Gasteiger partial charge on any atom is -0.475 e. The fourth-order valence-electron chi connectivity index (χ4n) is 4.93. The highest BCUT2D eigenvalue weighted by molar-refractivity contribution is 7.23. The molecule has 47 heavy (non-hydrogen) atoms. The molecule has 12 nitrogen and oxygen atoms in total. The highest BCUT2D eigenvalue weighted by Gasteiger charge is 2.39. The predicted molar refractivity (Wildman–Crippen MR) is 147 cm³/mol. The van der Waals surface area contributed by atoms with Crippen LogP contribution in [0.5, 0.6) is 0 Å². The zero-order valence-electron chi connectivity index (χ0n) is 23.2. The molecule has 1 atom stereocenters. The van der Waals surface area contributed by atoms with E-state index in [9.17, 15) is 40.8 Å². The summed E-state index contributed by atoms with van der Waals surface area (Å²) in [5.74, 6) is -7.01. The summed E-state index contributed by atoms with van der Waals surface area (Å²) in [7, 11) is 0. The number of halogens is 8. The summed E-state index contributed by atoms with van der Waals surface area (Å²) < 4.78 is 95.5. The molecule has 1 saturated heterocycles. The lowest BCUT2D eigenvalue weighted by Crippen LogP contribution is -2.54. The Morgan fingerprint density at radius 3 is 2.23 bits per heavy atom. The number of carbonyl (C=O) groups is 3. The summed E-state index contributed by atoms with van der Waals surface area (Å²) in [6.45, 7) is 2.39. The lowest BCUT2D eigenvalue weighted by Gasteiger charge is -2.37. The monoisotopic (exact) mass is 693 g/mol. The minimum absolute atomic E-state index is 0.00919. The molecule has 0 radical (unpaired) electrons. The zero-order valence-corrected chi connectivity index (χ0v) is 24.0. The van der Waals surface area contributed by atoms with Gasteiger partial charge in [-0.15, -0.1) is 16.4 Å². The molecule has 2 aromatic carbocycles. The Hall–Kier alpha value is -5.10. The van der Waals surface area contributed by atoms with Crippen LogP contribution < -0.4 is 11.1 Å². The van der Waals surface area contributed by atoms with Gasteiger partial charge in [-0.25, -0.2) is 23.1 Å². The third kappa shape index (κ3) is 6.87. The van der Waals surface area contributed by atoms with Crippen LogP contribution in [-0.4, -0.2) is 86.0 Å². The highest BCUT2D eigenvalue weighted by atomic mass is 32.1. The van der Waals surface area contributed by atoms with E-state index < -0.39 is 35.9 Å². The molecule has 250 valence electrons. The molecule has 0 unspecified atom stereocenters. The number of aliphatic carboxylic acids is 2. The molecule has 21 heteroatoms. The van der Waals surface area contributed by atoms with Gasteiger partial charge in [-0.1, -0.05) is 11.3 Å². The van der Waals surface area contributed by atoms with E-state index in [0.717, 1.165) is 11.3 Å². The standard InChI is InChI=1S/C22H17F2N7OS.2C2HF3O2/c23-14-2-1-11(16-13(8-25)21(26)33-20(14)16)17-15(24)7-12-19-18(17)28-29-31(19)5-3-10-9-27-4-6-30(10)22(12)32;2*3-2(4,5)1(6)7/h1-2,7,10,27H,3-6,9,26H2;2*(H,6,7)/t10-;;/m1../s1. The van der Waals surface area contributed by atoms with Crippen molar-refractivity contribution in [1.29, 1.82) is 5.26 Å². The highest BCUT2D eigenvalue weighted by Crippen LogP contribution is 2.44. The fourth-order valence-corrected chi connectivity index (χ4v) is 5.87. The van der Waals surface area contributed by atoms with Crippen LogP contribution in [-0.2, 0) is 16.1 Å². The number of nitrogens with one attached hydrogen (secondary N) is 1. The van der Waals surface area contributed by atoms with Gasteiger partial charge in [0.25, 0.3) is 5.91 Å². The van der Waals surface area contributed by atoms with E-state index in [2.05, 4.69) is 15.6 Å². The normalized spacial score (nSPS) is 16.2. The number of alkyl halides is 6. The molecule has 0 saturated carbocycles. The van der Waals surface area contributed by atoms with Crippen molar-refractivity contribution in [2.45, 2.75) is 31.4 Å². The number of hydrogen-bond acceptors (Lipinski definition) is 9. The van der Waals surface area contributed by atoms with Crippen LogP contribution in [0.2, 0.25) is 0 Å². The average Bonchev–Trinajstić information content (AvgIpc) is 3.56. The number of carboxylic acids is 2. The van der Waals surface area contributed by atoms with Crippen molar-refractivity contribution in [3.63, 3.8) is 0 Å². The third-order valence-electron chi connectivity index (χ3n) is 6.94. The average molecular weight is 694 g/mol. The molecule has 2 aromatic heterocycles. The smallest absolute Gasteiger partial charge is 0.475 e. The number of benzene rings is 2. The zero-order chi connectivity index (χ0) is 35.0. The molecule has 2 aliphatic rings. The van der Waals surface area contributed by atoms with Gasteiger partial charge in [0.2, 0.25) is 0 Å². The van der Waals surface area contributed by atoms with Crippen LogP contribution in [0.15, 0.2) is 18.2 Å². The van der Waals surface area contributed by atoms with E-state index in [0.29, 0.717) is 43.7 Å². The molecule has 4 aromatic rings. The number of aromatic nitrogens is 3. The third-order valence-corrected chi connectivity index (χ3v) is 7.96. The first-order chi connectivity index (χ1) is 21.9. The maximum Gasteiger partial charge on any atom is 0.490 e. The summed E-state index contributed by atoms with van der Waals surface area (Å²) >= 11 is 0.943. The first kappa shape index (κ1) is 34.8. The van der Waals surface area contributed by atoms with Gasteiger partial charge in [-0.05, 0) is 24.1 Å². The van der Waals surface area contributed by atoms with Gasteiger partial charge in [0.1, 0.15) is 33.7 Å². The first-order valence-corrected chi connectivity index (χ1v) is 13.8. The van der Waals surface area contributed by atoms with Crippen molar-refractivity contribution in [1.82, 2.24) is 25.2 Å². The van der Waals surface area contributed by atoms with Crippen molar-refractivity contribution in [3.8, 4) is 17.2 Å². The van der Waals surface area contributed by atoms with Gasteiger partial charge in [-0.2, -0.15) is 31.6 Å². The second kappa shape index (κ2) is 13.0. The van der Waals surface area contributed by atoms with Gasteiger partial charge in [0, 0.05) is 43.2 Å². The van der Waals surface area contributed by atoms with Crippen LogP contribution in [0.3, 0.4) is 0 Å². The second-order valence-corrected chi connectivity index (χ2v) is 10.8. The Labute approximate surface area is 260 Å². The van der Waals surface area contributed by atoms with E-state index >= 15 is 4.39 Å². The summed E-state index contributed by atoms with van der Waals surface area (Å²) in [6, 6.07) is 5.85. The number of thiophene rings is 1. The maximum atomic E-state index is 15.7. The molecule has 0 spiro atoms. The summed E-state index contributed by atoms with van der Waals surface area (Å²) in [5, 5.41) is 36.0. The molecular weight excluding hydrogens is 674 g/mol. The van der Waals surface area contributed by atoms with E-state index in [1.165, 1.54) is 18.2 Å². The van der Waals surface area contributed by atoms with E-state index in [1.54, 1.807) is 9.58 Å². The number of anilines is 1. The number of nitriles is 1. The van der Waals surface area contributed by atoms with Crippen LogP contribution in [0, 0.1) is 23.0 Å². The molecule has 5 N–H and O–H groups in total. The second-order valence-electron chi connectivity index (χ2n) is 9.79. The van der Waals surface area contributed by atoms with Crippen LogP contribution in [0.1, 0.15) is 22.3 Å². The quantitative estimate of drug-likeness (QED) is 0.211. The Bertz CT molecular complexity index is 1910. The number of fused-ring (bicyclic) bond motifs is 2. The van der Waals surface area contributed by atoms with Crippen LogP contribution >= 0.6 is 11.3 Å². The van der Waals surface area contributed by atoms with Crippen molar-refractivity contribution in [2.75, 3.05) is 25.4 Å². The summed E-state index contributed by atoms with van der Waals surface area (Å²) in [4.78, 5) is 33.0. The number of nitrogen functional groups attached to an aromatic ring is 1. The number of nitrogens with zero attached hydrogens (tertiary/aromatic N) is 5. The molecule has 0 aliphatic carbocycles. The SMILES string of the molecule is N#Cc1c(N)sc2c(F)ccc(-c3c(F)cc4c5c3nnn5CC[C@@H]3CNCCN3C4=O)c12.O=C(O)C(F)(F)F.O=C(O)C(F)(F)F. The van der Waals surface area contributed by atoms with Gasteiger partial charge in [0.05, 0.1) is 15.8 Å². The molecule has 1 amide bonds. The lowest BCUT2D eigenvalue weighted by molar-refractivity contribution is -0.193. The Balaban J connectivity index is 0.000000301. The van der Waals surface area contributed by atoms with Gasteiger partial charge in [0.15, 0.2) is 0 Å². The minimum atomic E-state index is -5.08. The molecule has 0 bridgehead atoms. The molecule has 2 aliphatic heterocycles. The number of amides is 1. The Kier molecular flexibility index (Phi) is 9.58. The Morgan fingerprint density at radius 1 is 1.04 bits per heavy atom. The predicted octanol–water partition coefficient (Wildman–Crippen LogP) is 4.13. The van der Waals surface area contributed by atoms with Crippen LogP contribution in [0.25, 0.3) is 32.2 Å². The van der Waals surface area contributed by atoms with Gasteiger partial charge in [-0.3, -0.25) is 4.79 Å². The van der Waals surface area contributed by atoms with Crippen molar-refractivity contribution in [2.24, 2.45) is 0 Å². The largest absolute Gasteiger partial charge is 0.490 e. The van der Waals surface area contributed by atoms with Crippen molar-refractivity contribution < 1.29 is 59.7 Å². The van der Waals surface area contributed by atoms with Gasteiger partial charge < -0.3 is 26.2 Å². The number of hydrogen-bond donors (Lipinski definition) is 4. The topological polar surface area (TPSA) is 187 Å². The number of piperazine rings is 1. The number of carbonyl (C=O) groups excluding carboxylic acids is 1. The molecule has 4 heterocycles.